The minimum atomic E-state index is -0.0464. The number of carbonyl (C=O) groups excluding carboxylic acids is 1. The molecule has 19 heavy (non-hydrogen) atoms. The van der Waals surface area contributed by atoms with Gasteiger partial charge in [-0.25, -0.2) is 0 Å². The first-order valence-electron chi connectivity index (χ1n) is 7.40. The van der Waals surface area contributed by atoms with Gasteiger partial charge in [0.05, 0.1) is 5.92 Å². The Labute approximate surface area is 118 Å². The van der Waals surface area contributed by atoms with Crippen molar-refractivity contribution in [2.75, 3.05) is 13.1 Å². The van der Waals surface area contributed by atoms with E-state index in [0.29, 0.717) is 5.92 Å². The first kappa shape index (κ1) is 17.7. The number of hydrogen-bond donors (Lipinski definition) is 0. The van der Waals surface area contributed by atoms with E-state index in [-0.39, 0.29) is 11.8 Å². The second-order valence-electron chi connectivity index (χ2n) is 4.90. The molecule has 0 aromatic heterocycles. The van der Waals surface area contributed by atoms with Crippen molar-refractivity contribution in [3.05, 3.63) is 35.9 Å². The van der Waals surface area contributed by atoms with Gasteiger partial charge in [0.15, 0.2) is 0 Å². The topological polar surface area (TPSA) is 20.3 Å². The Morgan fingerprint density at radius 3 is 2.05 bits per heavy atom. The fourth-order valence-corrected chi connectivity index (χ4v) is 1.97. The molecule has 1 rings (SSSR count). The van der Waals surface area contributed by atoms with Gasteiger partial charge in [0.1, 0.15) is 0 Å². The summed E-state index contributed by atoms with van der Waals surface area (Å²) >= 11 is 0. The SMILES string of the molecule is CC.CCN(CC(C)C)C(=O)C(C)c1ccccc1. The van der Waals surface area contributed by atoms with Crippen molar-refractivity contribution in [1.29, 1.82) is 0 Å². The summed E-state index contributed by atoms with van der Waals surface area (Å²) in [6, 6.07) is 9.99. The minimum Gasteiger partial charge on any atom is -0.342 e. The van der Waals surface area contributed by atoms with E-state index in [2.05, 4.69) is 13.8 Å². The summed E-state index contributed by atoms with van der Waals surface area (Å²) in [6.07, 6.45) is 0. The van der Waals surface area contributed by atoms with Gasteiger partial charge in [0, 0.05) is 13.1 Å². The lowest BCUT2D eigenvalue weighted by Crippen LogP contribution is -2.36. The number of nitrogens with zero attached hydrogens (tertiary/aromatic N) is 1. The summed E-state index contributed by atoms with van der Waals surface area (Å²) in [5.41, 5.74) is 1.10. The van der Waals surface area contributed by atoms with Crippen LogP contribution in [0.5, 0.6) is 0 Å². The third-order valence-corrected chi connectivity index (χ3v) is 2.95. The third-order valence-electron chi connectivity index (χ3n) is 2.95. The largest absolute Gasteiger partial charge is 0.342 e. The van der Waals surface area contributed by atoms with Gasteiger partial charge >= 0.3 is 0 Å². The molecule has 1 unspecified atom stereocenters. The molecule has 2 heteroatoms. The molecule has 0 fully saturated rings. The highest BCUT2D eigenvalue weighted by Gasteiger charge is 2.20. The fraction of sp³-hybridized carbons (Fsp3) is 0.588. The summed E-state index contributed by atoms with van der Waals surface area (Å²) in [4.78, 5) is 14.3. The van der Waals surface area contributed by atoms with Crippen molar-refractivity contribution < 1.29 is 4.79 Å². The van der Waals surface area contributed by atoms with Crippen LogP contribution in [0, 0.1) is 5.92 Å². The summed E-state index contributed by atoms with van der Waals surface area (Å²) in [5.74, 6) is 0.698. The smallest absolute Gasteiger partial charge is 0.229 e. The van der Waals surface area contributed by atoms with Gasteiger partial charge in [-0.3, -0.25) is 4.79 Å². The number of hydrogen-bond acceptors (Lipinski definition) is 1. The van der Waals surface area contributed by atoms with Gasteiger partial charge in [-0.15, -0.1) is 0 Å². The molecule has 2 nitrogen and oxygen atoms in total. The van der Waals surface area contributed by atoms with Gasteiger partial charge in [-0.05, 0) is 25.3 Å². The molecule has 0 aliphatic carbocycles. The van der Waals surface area contributed by atoms with Gasteiger partial charge in [0.2, 0.25) is 5.91 Å². The molecule has 0 radical (unpaired) electrons. The maximum atomic E-state index is 12.3. The molecule has 1 aromatic rings. The molecule has 0 aliphatic rings. The molecule has 1 atom stereocenters. The van der Waals surface area contributed by atoms with E-state index >= 15 is 0 Å². The summed E-state index contributed by atoms with van der Waals surface area (Å²) in [5, 5.41) is 0. The van der Waals surface area contributed by atoms with Crippen molar-refractivity contribution in [3.8, 4) is 0 Å². The zero-order valence-corrected chi connectivity index (χ0v) is 13.3. The van der Waals surface area contributed by atoms with E-state index in [9.17, 15) is 4.79 Å². The van der Waals surface area contributed by atoms with E-state index in [1.54, 1.807) is 0 Å². The number of carbonyl (C=O) groups is 1. The van der Waals surface area contributed by atoms with Crippen LogP contribution in [0.15, 0.2) is 30.3 Å². The highest BCUT2D eigenvalue weighted by molar-refractivity contribution is 5.83. The Balaban J connectivity index is 0.00000154. The van der Waals surface area contributed by atoms with Gasteiger partial charge in [0.25, 0.3) is 0 Å². The van der Waals surface area contributed by atoms with Crippen LogP contribution in [-0.2, 0) is 4.79 Å². The second-order valence-corrected chi connectivity index (χ2v) is 4.90. The fourth-order valence-electron chi connectivity index (χ4n) is 1.97. The molecule has 0 saturated carbocycles. The Kier molecular flexibility index (Phi) is 8.94. The second kappa shape index (κ2) is 9.60. The maximum Gasteiger partial charge on any atom is 0.229 e. The van der Waals surface area contributed by atoms with E-state index < -0.39 is 0 Å². The molecule has 1 aromatic carbocycles. The molecule has 0 aliphatic heterocycles. The molecule has 0 heterocycles. The number of benzene rings is 1. The average Bonchev–Trinajstić information content (AvgIpc) is 2.46. The Bertz CT molecular complexity index is 346. The molecular formula is C17H29NO. The van der Waals surface area contributed by atoms with E-state index in [1.165, 1.54) is 0 Å². The lowest BCUT2D eigenvalue weighted by Gasteiger charge is -2.26. The summed E-state index contributed by atoms with van der Waals surface area (Å²) in [7, 11) is 0. The van der Waals surface area contributed by atoms with E-state index in [4.69, 9.17) is 0 Å². The first-order valence-corrected chi connectivity index (χ1v) is 7.40. The van der Waals surface area contributed by atoms with Crippen LogP contribution in [0.3, 0.4) is 0 Å². The summed E-state index contributed by atoms with van der Waals surface area (Å²) < 4.78 is 0. The standard InChI is InChI=1S/C15H23NO.C2H6/c1-5-16(11-12(2)3)15(17)13(4)14-9-7-6-8-10-14;1-2/h6-10,12-13H,5,11H2,1-4H3;1-2H3. The van der Waals surface area contributed by atoms with Crippen molar-refractivity contribution in [1.82, 2.24) is 4.90 Å². The maximum absolute atomic E-state index is 12.3. The molecule has 0 bridgehead atoms. The monoisotopic (exact) mass is 263 g/mol. The van der Waals surface area contributed by atoms with Crippen molar-refractivity contribution in [2.24, 2.45) is 5.92 Å². The minimum absolute atomic E-state index is 0.0464. The van der Waals surface area contributed by atoms with Gasteiger partial charge < -0.3 is 4.90 Å². The Morgan fingerprint density at radius 1 is 1.11 bits per heavy atom. The van der Waals surface area contributed by atoms with Crippen LogP contribution < -0.4 is 0 Å². The van der Waals surface area contributed by atoms with Gasteiger partial charge in [-0.1, -0.05) is 58.0 Å². The molecule has 108 valence electrons. The lowest BCUT2D eigenvalue weighted by atomic mass is 9.99. The molecule has 0 saturated heterocycles. The molecular weight excluding hydrogens is 234 g/mol. The number of amides is 1. The van der Waals surface area contributed by atoms with Crippen LogP contribution in [0.2, 0.25) is 0 Å². The van der Waals surface area contributed by atoms with E-state index in [1.807, 2.05) is 62.9 Å². The van der Waals surface area contributed by atoms with Crippen LogP contribution in [0.4, 0.5) is 0 Å². The average molecular weight is 263 g/mol. The van der Waals surface area contributed by atoms with Crippen LogP contribution in [0.25, 0.3) is 0 Å². The van der Waals surface area contributed by atoms with E-state index in [0.717, 1.165) is 18.7 Å². The van der Waals surface area contributed by atoms with Crippen LogP contribution >= 0.6 is 0 Å². The molecule has 1 amide bonds. The predicted octanol–water partition coefficient (Wildman–Crippen LogP) is 4.32. The van der Waals surface area contributed by atoms with Crippen LogP contribution in [0.1, 0.15) is 53.0 Å². The number of likely N-dealkylation sites (N-methyl/N-ethyl adjacent to an activating group) is 1. The normalized spacial score (nSPS) is 11.5. The lowest BCUT2D eigenvalue weighted by molar-refractivity contribution is -0.132. The third kappa shape index (κ3) is 5.91. The molecule has 0 spiro atoms. The zero-order chi connectivity index (χ0) is 14.8. The Morgan fingerprint density at radius 2 is 1.63 bits per heavy atom. The number of rotatable bonds is 5. The highest BCUT2D eigenvalue weighted by Crippen LogP contribution is 2.18. The van der Waals surface area contributed by atoms with Crippen LogP contribution in [-0.4, -0.2) is 23.9 Å². The predicted molar refractivity (Wildman–Crippen MR) is 83.3 cm³/mol. The van der Waals surface area contributed by atoms with Crippen molar-refractivity contribution in [2.45, 2.75) is 47.5 Å². The molecule has 0 N–H and O–H groups in total. The van der Waals surface area contributed by atoms with Gasteiger partial charge in [-0.2, -0.15) is 0 Å². The quantitative estimate of drug-likeness (QED) is 0.774. The van der Waals surface area contributed by atoms with Crippen molar-refractivity contribution >= 4 is 5.91 Å². The zero-order valence-electron chi connectivity index (χ0n) is 13.3. The first-order chi connectivity index (χ1) is 9.06. The summed E-state index contributed by atoms with van der Waals surface area (Å²) in [6.45, 7) is 13.9. The van der Waals surface area contributed by atoms with Crippen molar-refractivity contribution in [3.63, 3.8) is 0 Å². The Hall–Kier alpha value is -1.31. The highest BCUT2D eigenvalue weighted by atomic mass is 16.2.